The third kappa shape index (κ3) is 2.36. The zero-order valence-electron chi connectivity index (χ0n) is 9.55. The van der Waals surface area contributed by atoms with E-state index in [0.717, 1.165) is 5.75 Å². The van der Waals surface area contributed by atoms with Gasteiger partial charge < -0.3 is 4.57 Å². The molecule has 1 fully saturated rings. The highest BCUT2D eigenvalue weighted by Gasteiger charge is 2.40. The summed E-state index contributed by atoms with van der Waals surface area (Å²) in [6.45, 7) is 0. The number of hydrogen-bond acceptors (Lipinski definition) is 5. The van der Waals surface area contributed by atoms with Crippen LogP contribution in [0.5, 0.6) is 0 Å². The highest BCUT2D eigenvalue weighted by atomic mass is 35.5. The smallest absolute Gasteiger partial charge is 0.262 e. The average molecular weight is 307 g/mol. The molecular weight excluding hydrogens is 296 g/mol. The lowest BCUT2D eigenvalue weighted by Crippen LogP contribution is -2.47. The molecule has 0 spiro atoms. The molecule has 1 unspecified atom stereocenters. The fourth-order valence-electron chi connectivity index (χ4n) is 1.64. The molecule has 98 valence electrons. The van der Waals surface area contributed by atoms with Gasteiger partial charge in [0.05, 0.1) is 12.4 Å². The average Bonchev–Trinajstić information content (AvgIpc) is 2.88. The van der Waals surface area contributed by atoms with Gasteiger partial charge in [0.15, 0.2) is 0 Å². The molecule has 1 N–H and O–H groups in total. The number of nitriles is 1. The predicted octanol–water partition coefficient (Wildman–Crippen LogP) is 0.751. The molecule has 1 aliphatic rings. The highest BCUT2D eigenvalue weighted by Crippen LogP contribution is 2.29. The fraction of sp³-hybridized carbons (Fsp3) is 0.556. The molecule has 1 aromatic rings. The van der Waals surface area contributed by atoms with Crippen LogP contribution in [0.25, 0.3) is 0 Å². The summed E-state index contributed by atoms with van der Waals surface area (Å²) < 4.78 is 28.1. The lowest BCUT2D eigenvalue weighted by molar-refractivity contribution is 0.513. The SMILES string of the molecule is Cn1cnc(S(=O)(=O)NC2(C#N)CCSC2)c1Cl. The largest absolute Gasteiger partial charge is 0.324 e. The summed E-state index contributed by atoms with van der Waals surface area (Å²) in [6.07, 6.45) is 1.80. The van der Waals surface area contributed by atoms with Crippen molar-refractivity contribution in [1.82, 2.24) is 14.3 Å². The maximum atomic E-state index is 12.2. The van der Waals surface area contributed by atoms with Gasteiger partial charge in [-0.2, -0.15) is 21.7 Å². The number of rotatable bonds is 3. The summed E-state index contributed by atoms with van der Waals surface area (Å²) in [6, 6.07) is 2.04. The number of sulfonamides is 1. The van der Waals surface area contributed by atoms with Gasteiger partial charge in [-0.25, -0.2) is 13.4 Å². The van der Waals surface area contributed by atoms with Gasteiger partial charge in [0.2, 0.25) is 5.03 Å². The Kier molecular flexibility index (Phi) is 3.60. The van der Waals surface area contributed by atoms with Gasteiger partial charge in [-0.05, 0) is 12.2 Å². The lowest BCUT2D eigenvalue weighted by atomic mass is 10.0. The van der Waals surface area contributed by atoms with Crippen molar-refractivity contribution in [3.8, 4) is 6.07 Å². The topological polar surface area (TPSA) is 87.8 Å². The number of thioether (sulfide) groups is 1. The zero-order chi connectivity index (χ0) is 13.4. The van der Waals surface area contributed by atoms with Gasteiger partial charge >= 0.3 is 0 Å². The maximum Gasteiger partial charge on any atom is 0.262 e. The molecule has 6 nitrogen and oxygen atoms in total. The Morgan fingerprint density at radius 3 is 2.89 bits per heavy atom. The van der Waals surface area contributed by atoms with Crippen LogP contribution in [0.2, 0.25) is 5.15 Å². The first-order chi connectivity index (χ1) is 8.40. The van der Waals surface area contributed by atoms with Gasteiger partial charge in [-0.3, -0.25) is 0 Å². The molecule has 0 radical (unpaired) electrons. The maximum absolute atomic E-state index is 12.2. The van der Waals surface area contributed by atoms with E-state index < -0.39 is 15.6 Å². The normalized spacial score (nSPS) is 24.1. The van der Waals surface area contributed by atoms with E-state index >= 15 is 0 Å². The van der Waals surface area contributed by atoms with Gasteiger partial charge in [0.1, 0.15) is 10.7 Å². The predicted molar refractivity (Wildman–Crippen MR) is 68.8 cm³/mol. The molecule has 0 aliphatic carbocycles. The first kappa shape index (κ1) is 13.7. The number of nitrogens with zero attached hydrogens (tertiary/aromatic N) is 3. The molecule has 1 saturated heterocycles. The van der Waals surface area contributed by atoms with Crippen LogP contribution in [0, 0.1) is 11.3 Å². The Morgan fingerprint density at radius 2 is 2.44 bits per heavy atom. The second kappa shape index (κ2) is 4.74. The van der Waals surface area contributed by atoms with E-state index in [-0.39, 0.29) is 10.2 Å². The third-order valence-corrected chi connectivity index (χ3v) is 5.87. The Hall–Kier alpha value is -0.750. The summed E-state index contributed by atoms with van der Waals surface area (Å²) in [4.78, 5) is 3.76. The van der Waals surface area contributed by atoms with Crippen molar-refractivity contribution in [3.63, 3.8) is 0 Å². The Labute approximate surface area is 114 Å². The van der Waals surface area contributed by atoms with Gasteiger partial charge in [-0.1, -0.05) is 11.6 Å². The third-order valence-electron chi connectivity index (χ3n) is 2.65. The van der Waals surface area contributed by atoms with Crippen molar-refractivity contribution in [3.05, 3.63) is 11.5 Å². The number of aryl methyl sites for hydroxylation is 1. The minimum atomic E-state index is -3.87. The Balaban J connectivity index is 2.33. The van der Waals surface area contributed by atoms with Gasteiger partial charge in [0.25, 0.3) is 10.0 Å². The minimum Gasteiger partial charge on any atom is -0.324 e. The van der Waals surface area contributed by atoms with Gasteiger partial charge in [0, 0.05) is 12.8 Å². The van der Waals surface area contributed by atoms with E-state index in [1.54, 1.807) is 18.8 Å². The van der Waals surface area contributed by atoms with Crippen molar-refractivity contribution in [1.29, 1.82) is 5.26 Å². The standard InChI is InChI=1S/C9H11ClN4O2S2/c1-14-6-12-8(7(14)10)18(15,16)13-9(4-11)2-3-17-5-9/h6,13H,2-3,5H2,1H3. The first-order valence-corrected chi connectivity index (χ1v) is 8.12. The van der Waals surface area contributed by atoms with Crippen LogP contribution in [0.3, 0.4) is 0 Å². The molecule has 0 bridgehead atoms. The van der Waals surface area contributed by atoms with E-state index in [2.05, 4.69) is 9.71 Å². The molecule has 1 atom stereocenters. The van der Waals surface area contributed by atoms with Crippen LogP contribution >= 0.6 is 23.4 Å². The summed E-state index contributed by atoms with van der Waals surface area (Å²) in [5.41, 5.74) is -1.05. The molecular formula is C9H11ClN4O2S2. The van der Waals surface area contributed by atoms with Crippen LogP contribution in [0.1, 0.15) is 6.42 Å². The zero-order valence-corrected chi connectivity index (χ0v) is 11.9. The molecule has 1 aliphatic heterocycles. The molecule has 9 heteroatoms. The molecule has 18 heavy (non-hydrogen) atoms. The quantitative estimate of drug-likeness (QED) is 0.890. The first-order valence-electron chi connectivity index (χ1n) is 5.10. The van der Waals surface area contributed by atoms with Crippen molar-refractivity contribution >= 4 is 33.4 Å². The van der Waals surface area contributed by atoms with E-state index in [4.69, 9.17) is 16.9 Å². The number of nitrogens with one attached hydrogen (secondary N) is 1. The van der Waals surface area contributed by atoms with E-state index in [0.29, 0.717) is 12.2 Å². The van der Waals surface area contributed by atoms with Crippen molar-refractivity contribution in [2.75, 3.05) is 11.5 Å². The monoisotopic (exact) mass is 306 g/mol. The van der Waals surface area contributed by atoms with Crippen molar-refractivity contribution in [2.45, 2.75) is 17.0 Å². The summed E-state index contributed by atoms with van der Waals surface area (Å²) in [5, 5.41) is 8.94. The number of halogens is 1. The molecule has 1 aromatic heterocycles. The van der Waals surface area contributed by atoms with E-state index in [1.165, 1.54) is 10.9 Å². The van der Waals surface area contributed by atoms with Crippen LogP contribution in [0.4, 0.5) is 0 Å². The molecule has 2 heterocycles. The minimum absolute atomic E-state index is 0.0289. The lowest BCUT2D eigenvalue weighted by Gasteiger charge is -2.20. The molecule has 0 aromatic carbocycles. The Morgan fingerprint density at radius 1 is 1.72 bits per heavy atom. The van der Waals surface area contributed by atoms with Gasteiger partial charge in [-0.15, -0.1) is 0 Å². The van der Waals surface area contributed by atoms with Crippen molar-refractivity contribution in [2.24, 2.45) is 7.05 Å². The fourth-order valence-corrected chi connectivity index (χ4v) is 4.77. The molecule has 0 amide bonds. The van der Waals surface area contributed by atoms with Crippen LogP contribution in [0.15, 0.2) is 11.4 Å². The molecule has 0 saturated carbocycles. The van der Waals surface area contributed by atoms with Crippen LogP contribution < -0.4 is 4.72 Å². The number of imidazole rings is 1. The van der Waals surface area contributed by atoms with Crippen LogP contribution in [-0.2, 0) is 17.1 Å². The molecule has 2 rings (SSSR count). The highest BCUT2D eigenvalue weighted by molar-refractivity contribution is 7.99. The summed E-state index contributed by atoms with van der Waals surface area (Å²) in [5.74, 6) is 1.19. The second-order valence-electron chi connectivity index (χ2n) is 4.05. The number of hydrogen-bond donors (Lipinski definition) is 1. The second-order valence-corrected chi connectivity index (χ2v) is 7.11. The number of aromatic nitrogens is 2. The van der Waals surface area contributed by atoms with E-state index in [1.807, 2.05) is 6.07 Å². The van der Waals surface area contributed by atoms with Crippen LogP contribution in [-0.4, -0.2) is 35.0 Å². The summed E-state index contributed by atoms with van der Waals surface area (Å²) in [7, 11) is -2.28. The summed E-state index contributed by atoms with van der Waals surface area (Å²) >= 11 is 7.40. The van der Waals surface area contributed by atoms with E-state index in [9.17, 15) is 8.42 Å². The Bertz CT molecular complexity index is 599. The van der Waals surface area contributed by atoms with Crippen molar-refractivity contribution < 1.29 is 8.42 Å².